The van der Waals surface area contributed by atoms with E-state index in [2.05, 4.69) is 17.2 Å². The van der Waals surface area contributed by atoms with Gasteiger partial charge >= 0.3 is 0 Å². The zero-order valence-electron chi connectivity index (χ0n) is 17.9. The summed E-state index contributed by atoms with van der Waals surface area (Å²) in [6.45, 7) is 4.88. The molecule has 0 saturated heterocycles. The molecule has 0 aromatic heterocycles. The maximum absolute atomic E-state index is 11.6. The van der Waals surface area contributed by atoms with Crippen molar-refractivity contribution in [2.24, 2.45) is 10.2 Å². The van der Waals surface area contributed by atoms with Crippen molar-refractivity contribution in [2.45, 2.75) is 71.6 Å². The number of carbonyl (C=O) groups excluding carboxylic acids is 1. The molecule has 0 atom stereocenters. The van der Waals surface area contributed by atoms with Gasteiger partial charge in [-0.3, -0.25) is 4.79 Å². The van der Waals surface area contributed by atoms with Crippen LogP contribution >= 0.6 is 0 Å². The Balaban J connectivity index is 1.67. The van der Waals surface area contributed by atoms with E-state index in [4.69, 9.17) is 4.74 Å². The highest BCUT2D eigenvalue weighted by atomic mass is 16.5. The van der Waals surface area contributed by atoms with E-state index in [0.717, 1.165) is 30.2 Å². The highest BCUT2D eigenvalue weighted by Crippen LogP contribution is 2.22. The minimum atomic E-state index is 0.135. The summed E-state index contributed by atoms with van der Waals surface area (Å²) in [6.07, 6.45) is 10.9. The highest BCUT2D eigenvalue weighted by Gasteiger charge is 2.02. The predicted molar refractivity (Wildman–Crippen MR) is 120 cm³/mol. The van der Waals surface area contributed by atoms with Gasteiger partial charge in [-0.15, -0.1) is 0 Å². The lowest BCUT2D eigenvalue weighted by Gasteiger charge is -2.06. The molecule has 0 heterocycles. The number of hydrogen-bond acceptors (Lipinski definition) is 4. The van der Waals surface area contributed by atoms with Crippen molar-refractivity contribution in [3.8, 4) is 5.75 Å². The van der Waals surface area contributed by atoms with E-state index in [1.807, 2.05) is 43.3 Å². The number of benzene rings is 2. The van der Waals surface area contributed by atoms with E-state index in [0.29, 0.717) is 12.0 Å². The molecule has 0 bridgehead atoms. The first-order chi connectivity index (χ1) is 14.2. The lowest BCUT2D eigenvalue weighted by atomic mass is 10.1. The van der Waals surface area contributed by atoms with Gasteiger partial charge in [-0.1, -0.05) is 58.8 Å². The van der Waals surface area contributed by atoms with Crippen LogP contribution in [-0.2, 0) is 0 Å². The van der Waals surface area contributed by atoms with E-state index in [9.17, 15) is 4.79 Å². The second-order valence-electron chi connectivity index (χ2n) is 7.34. The van der Waals surface area contributed by atoms with Gasteiger partial charge < -0.3 is 4.74 Å². The molecule has 0 aliphatic heterocycles. The predicted octanol–water partition coefficient (Wildman–Crippen LogP) is 8.21. The van der Waals surface area contributed by atoms with Crippen molar-refractivity contribution in [2.75, 3.05) is 6.61 Å². The van der Waals surface area contributed by atoms with Crippen LogP contribution < -0.4 is 4.74 Å². The molecular weight excluding hydrogens is 360 g/mol. The molecule has 0 saturated carbocycles. The second kappa shape index (κ2) is 13.6. The normalized spacial score (nSPS) is 11.1. The van der Waals surface area contributed by atoms with Gasteiger partial charge in [-0.2, -0.15) is 10.2 Å². The first-order valence-electron chi connectivity index (χ1n) is 11.0. The molecule has 29 heavy (non-hydrogen) atoms. The van der Waals surface area contributed by atoms with Crippen molar-refractivity contribution < 1.29 is 9.53 Å². The molecule has 2 rings (SSSR count). The molecule has 2 aromatic carbocycles. The van der Waals surface area contributed by atoms with Crippen molar-refractivity contribution in [1.29, 1.82) is 0 Å². The standard InChI is InChI=1S/C25H34N2O2/c1-3-5-6-7-8-9-10-11-20-29-24-18-16-23(17-19-24)27-26-22-14-12-21(13-15-22)25(28)4-2/h12-19H,3-11,20H2,1-2H3. The molecule has 0 radical (unpaired) electrons. The van der Waals surface area contributed by atoms with Gasteiger partial charge in [-0.05, 0) is 55.0 Å². The third-order valence-electron chi connectivity index (χ3n) is 4.89. The summed E-state index contributed by atoms with van der Waals surface area (Å²) in [6, 6.07) is 14.9. The first kappa shape index (κ1) is 22.8. The molecule has 4 heteroatoms. The zero-order valence-corrected chi connectivity index (χ0v) is 17.9. The number of Topliss-reactive ketones (excluding diaryl/α,β-unsaturated/α-hetero) is 1. The van der Waals surface area contributed by atoms with Crippen LogP contribution in [0.5, 0.6) is 5.75 Å². The van der Waals surface area contributed by atoms with Gasteiger partial charge in [-0.25, -0.2) is 0 Å². The van der Waals surface area contributed by atoms with E-state index in [-0.39, 0.29) is 5.78 Å². The maximum atomic E-state index is 11.6. The molecule has 0 aliphatic carbocycles. The third kappa shape index (κ3) is 9.03. The molecule has 0 spiro atoms. The fraction of sp³-hybridized carbons (Fsp3) is 0.480. The number of unbranched alkanes of at least 4 members (excludes halogenated alkanes) is 7. The number of rotatable bonds is 14. The van der Waals surface area contributed by atoms with Crippen molar-refractivity contribution >= 4 is 17.2 Å². The number of nitrogens with zero attached hydrogens (tertiary/aromatic N) is 2. The van der Waals surface area contributed by atoms with E-state index in [1.54, 1.807) is 12.1 Å². The number of azo groups is 1. The van der Waals surface area contributed by atoms with Crippen LogP contribution in [0.4, 0.5) is 11.4 Å². The molecule has 156 valence electrons. The summed E-state index contributed by atoms with van der Waals surface area (Å²) in [4.78, 5) is 11.6. The average Bonchev–Trinajstić information content (AvgIpc) is 2.77. The lowest BCUT2D eigenvalue weighted by Crippen LogP contribution is -1.96. The van der Waals surface area contributed by atoms with Crippen LogP contribution in [0.25, 0.3) is 0 Å². The Morgan fingerprint density at radius 1 is 0.724 bits per heavy atom. The molecule has 0 fully saturated rings. The van der Waals surface area contributed by atoms with Crippen molar-refractivity contribution in [3.05, 3.63) is 54.1 Å². The summed E-state index contributed by atoms with van der Waals surface area (Å²) in [5.74, 6) is 1.00. The van der Waals surface area contributed by atoms with Crippen LogP contribution in [0.2, 0.25) is 0 Å². The third-order valence-corrected chi connectivity index (χ3v) is 4.89. The molecule has 0 unspecified atom stereocenters. The number of hydrogen-bond donors (Lipinski definition) is 0. The summed E-state index contributed by atoms with van der Waals surface area (Å²) in [5, 5.41) is 8.48. The van der Waals surface area contributed by atoms with Gasteiger partial charge in [0.1, 0.15) is 5.75 Å². The Kier molecular flexibility index (Phi) is 10.7. The second-order valence-corrected chi connectivity index (χ2v) is 7.34. The number of carbonyl (C=O) groups is 1. The molecular formula is C25H34N2O2. The van der Waals surface area contributed by atoms with Crippen LogP contribution in [-0.4, -0.2) is 12.4 Å². The van der Waals surface area contributed by atoms with Crippen LogP contribution in [0.1, 0.15) is 82.0 Å². The summed E-state index contributed by atoms with van der Waals surface area (Å²) >= 11 is 0. The zero-order chi connectivity index (χ0) is 20.7. The first-order valence-corrected chi connectivity index (χ1v) is 11.0. The van der Waals surface area contributed by atoms with Gasteiger partial charge in [0.25, 0.3) is 0 Å². The van der Waals surface area contributed by atoms with E-state index < -0.39 is 0 Å². The SMILES string of the molecule is CCCCCCCCCCOc1ccc(N=Nc2ccc(C(=O)CC)cc2)cc1. The monoisotopic (exact) mass is 394 g/mol. The minimum Gasteiger partial charge on any atom is -0.494 e. The smallest absolute Gasteiger partial charge is 0.162 e. The summed E-state index contributed by atoms with van der Waals surface area (Å²) in [7, 11) is 0. The van der Waals surface area contributed by atoms with Crippen molar-refractivity contribution in [3.63, 3.8) is 0 Å². The fourth-order valence-electron chi connectivity index (χ4n) is 3.07. The summed E-state index contributed by atoms with van der Waals surface area (Å²) in [5.41, 5.74) is 2.22. The van der Waals surface area contributed by atoms with Gasteiger partial charge in [0.15, 0.2) is 5.78 Å². The molecule has 2 aromatic rings. The largest absolute Gasteiger partial charge is 0.494 e. The lowest BCUT2D eigenvalue weighted by molar-refractivity contribution is 0.0988. The maximum Gasteiger partial charge on any atom is 0.162 e. The fourth-order valence-corrected chi connectivity index (χ4v) is 3.07. The molecule has 0 aliphatic rings. The Hall–Kier alpha value is -2.49. The number of ether oxygens (including phenoxy) is 1. The van der Waals surface area contributed by atoms with E-state index in [1.165, 1.54) is 44.9 Å². The van der Waals surface area contributed by atoms with Gasteiger partial charge in [0.2, 0.25) is 0 Å². The van der Waals surface area contributed by atoms with Gasteiger partial charge in [0, 0.05) is 12.0 Å². The van der Waals surface area contributed by atoms with Crippen LogP contribution in [0.15, 0.2) is 58.8 Å². The Bertz CT molecular complexity index is 736. The Morgan fingerprint density at radius 3 is 1.79 bits per heavy atom. The van der Waals surface area contributed by atoms with Crippen LogP contribution in [0, 0.1) is 0 Å². The molecule has 0 amide bonds. The Morgan fingerprint density at radius 2 is 1.24 bits per heavy atom. The molecule has 0 N–H and O–H groups in total. The highest BCUT2D eigenvalue weighted by molar-refractivity contribution is 5.96. The van der Waals surface area contributed by atoms with Crippen LogP contribution in [0.3, 0.4) is 0 Å². The average molecular weight is 395 g/mol. The van der Waals surface area contributed by atoms with E-state index >= 15 is 0 Å². The summed E-state index contributed by atoms with van der Waals surface area (Å²) < 4.78 is 5.81. The Labute approximate surface area is 175 Å². The van der Waals surface area contributed by atoms with Crippen molar-refractivity contribution in [1.82, 2.24) is 0 Å². The quantitative estimate of drug-likeness (QED) is 0.184. The topological polar surface area (TPSA) is 51.0 Å². The van der Waals surface area contributed by atoms with Gasteiger partial charge in [0.05, 0.1) is 18.0 Å². The molecule has 4 nitrogen and oxygen atoms in total. The number of ketones is 1. The minimum absolute atomic E-state index is 0.135.